The molecule has 0 saturated heterocycles. The first-order chi connectivity index (χ1) is 14.0. The van der Waals surface area contributed by atoms with E-state index in [2.05, 4.69) is 15.5 Å². The molecule has 0 aliphatic heterocycles. The molecule has 0 atom stereocenters. The second-order valence-electron chi connectivity index (χ2n) is 6.75. The van der Waals surface area contributed by atoms with Crippen LogP contribution in [0.25, 0.3) is 11.4 Å². The second-order valence-corrected chi connectivity index (χ2v) is 7.13. The summed E-state index contributed by atoms with van der Waals surface area (Å²) in [5.41, 5.74) is 5.00. The van der Waals surface area contributed by atoms with Crippen molar-refractivity contribution in [1.29, 1.82) is 0 Å². The van der Waals surface area contributed by atoms with E-state index in [-0.39, 0.29) is 5.91 Å². The minimum absolute atomic E-state index is 0.143. The van der Waals surface area contributed by atoms with Crippen LogP contribution in [-0.4, -0.2) is 25.5 Å². The lowest BCUT2D eigenvalue weighted by molar-refractivity contribution is 0.0951. The van der Waals surface area contributed by atoms with Crippen molar-refractivity contribution in [3.8, 4) is 11.4 Å². The van der Waals surface area contributed by atoms with Crippen molar-refractivity contribution in [2.45, 2.75) is 20.4 Å². The molecule has 0 aliphatic rings. The van der Waals surface area contributed by atoms with Crippen molar-refractivity contribution < 1.29 is 4.79 Å². The minimum Gasteiger partial charge on any atom is -0.348 e. The third-order valence-corrected chi connectivity index (χ3v) is 5.23. The Balaban J connectivity index is 1.41. The summed E-state index contributed by atoms with van der Waals surface area (Å²) in [5, 5.41) is 12.4. The van der Waals surface area contributed by atoms with E-state index in [4.69, 9.17) is 11.6 Å². The van der Waals surface area contributed by atoms with Crippen LogP contribution in [0.2, 0.25) is 5.02 Å². The van der Waals surface area contributed by atoms with Crippen LogP contribution in [0.3, 0.4) is 0 Å². The molecule has 7 heteroatoms. The number of hydrogen-bond acceptors (Lipinski definition) is 3. The number of halogens is 1. The van der Waals surface area contributed by atoms with E-state index in [1.807, 2.05) is 62.5 Å². The van der Waals surface area contributed by atoms with Gasteiger partial charge in [0.2, 0.25) is 0 Å². The number of nitrogens with one attached hydrogen (secondary N) is 1. The molecular weight excluding hydrogens is 386 g/mol. The summed E-state index contributed by atoms with van der Waals surface area (Å²) in [6, 6.07) is 17.1. The fourth-order valence-corrected chi connectivity index (χ4v) is 3.20. The van der Waals surface area contributed by atoms with Crippen LogP contribution >= 0.6 is 11.6 Å². The van der Waals surface area contributed by atoms with E-state index in [1.54, 1.807) is 27.7 Å². The van der Waals surface area contributed by atoms with Gasteiger partial charge in [-0.2, -0.15) is 10.2 Å². The number of amides is 1. The Labute approximate surface area is 173 Å². The zero-order chi connectivity index (χ0) is 20.4. The maximum absolute atomic E-state index is 12.5. The quantitative estimate of drug-likeness (QED) is 0.539. The number of hydrogen-bond donors (Lipinski definition) is 1. The normalized spacial score (nSPS) is 10.9. The smallest absolute Gasteiger partial charge is 0.251 e. The highest BCUT2D eigenvalue weighted by atomic mass is 35.5. The fraction of sp³-hybridized carbons (Fsp3) is 0.136. The van der Waals surface area contributed by atoms with E-state index in [1.165, 1.54) is 0 Å². The molecule has 146 valence electrons. The first-order valence-electron chi connectivity index (χ1n) is 9.22. The molecule has 4 rings (SSSR count). The maximum atomic E-state index is 12.5. The van der Waals surface area contributed by atoms with Crippen LogP contribution in [0.1, 0.15) is 27.3 Å². The van der Waals surface area contributed by atoms with Crippen LogP contribution in [0, 0.1) is 13.8 Å². The molecule has 0 fully saturated rings. The van der Waals surface area contributed by atoms with Crippen molar-refractivity contribution in [3.63, 3.8) is 0 Å². The molecule has 2 aromatic heterocycles. The number of carbonyl (C=O) groups is 1. The van der Waals surface area contributed by atoms with Gasteiger partial charge in [0.05, 0.1) is 34.0 Å². The van der Waals surface area contributed by atoms with Crippen molar-refractivity contribution in [2.75, 3.05) is 0 Å². The molecule has 0 saturated carbocycles. The molecule has 0 aliphatic carbocycles. The molecule has 4 aromatic rings. The summed E-state index contributed by atoms with van der Waals surface area (Å²) in [6.45, 7) is 4.19. The average molecular weight is 406 g/mol. The predicted octanol–water partition coefficient (Wildman–Crippen LogP) is 4.26. The number of benzene rings is 2. The lowest BCUT2D eigenvalue weighted by Gasteiger charge is -2.07. The minimum atomic E-state index is -0.143. The molecular formula is C22H20ClN5O. The second kappa shape index (κ2) is 7.93. The Bertz CT molecular complexity index is 1150. The monoisotopic (exact) mass is 405 g/mol. The van der Waals surface area contributed by atoms with Gasteiger partial charge in [0.15, 0.2) is 0 Å². The van der Waals surface area contributed by atoms with Gasteiger partial charge in [0, 0.05) is 23.9 Å². The van der Waals surface area contributed by atoms with Gasteiger partial charge in [-0.25, -0.2) is 9.36 Å². The number of carbonyl (C=O) groups excluding carboxylic acids is 1. The number of aryl methyl sites for hydroxylation is 1. The molecule has 6 nitrogen and oxygen atoms in total. The third-order valence-electron chi connectivity index (χ3n) is 4.69. The van der Waals surface area contributed by atoms with Gasteiger partial charge < -0.3 is 5.32 Å². The maximum Gasteiger partial charge on any atom is 0.251 e. The molecule has 2 heterocycles. The van der Waals surface area contributed by atoms with E-state index < -0.39 is 0 Å². The largest absolute Gasteiger partial charge is 0.348 e. The Kier molecular flexibility index (Phi) is 5.18. The highest BCUT2D eigenvalue weighted by Crippen LogP contribution is 2.22. The summed E-state index contributed by atoms with van der Waals surface area (Å²) >= 11 is 6.22. The van der Waals surface area contributed by atoms with Gasteiger partial charge in [-0.05, 0) is 50.2 Å². The molecule has 0 unspecified atom stereocenters. The third kappa shape index (κ3) is 3.93. The molecule has 0 radical (unpaired) electrons. The number of rotatable bonds is 5. The van der Waals surface area contributed by atoms with Crippen LogP contribution in [-0.2, 0) is 6.54 Å². The number of aromatic nitrogens is 4. The Morgan fingerprint density at radius 1 is 1.03 bits per heavy atom. The van der Waals surface area contributed by atoms with Crippen molar-refractivity contribution in [2.24, 2.45) is 0 Å². The van der Waals surface area contributed by atoms with Crippen molar-refractivity contribution >= 4 is 17.5 Å². The van der Waals surface area contributed by atoms with Crippen LogP contribution in [0.15, 0.2) is 67.0 Å². The van der Waals surface area contributed by atoms with Crippen molar-refractivity contribution in [3.05, 3.63) is 94.5 Å². The van der Waals surface area contributed by atoms with Gasteiger partial charge in [0.1, 0.15) is 0 Å². The van der Waals surface area contributed by atoms with E-state index in [0.717, 1.165) is 28.3 Å². The molecule has 2 aromatic carbocycles. The first kappa shape index (κ1) is 19.0. The average Bonchev–Trinajstić information content (AvgIpc) is 3.33. The van der Waals surface area contributed by atoms with Gasteiger partial charge in [-0.15, -0.1) is 0 Å². The van der Waals surface area contributed by atoms with E-state index in [0.29, 0.717) is 17.1 Å². The topological polar surface area (TPSA) is 64.7 Å². The lowest BCUT2D eigenvalue weighted by Crippen LogP contribution is -2.22. The standard InChI is InChI=1S/C22H20ClN5O/c1-15-21(23)16(2)28(26-15)20-10-8-18(9-11-20)22(29)24-12-17-13-25-27(14-17)19-6-4-3-5-7-19/h3-11,13-14H,12H2,1-2H3,(H,24,29). The van der Waals surface area contributed by atoms with Crippen LogP contribution < -0.4 is 5.32 Å². The Morgan fingerprint density at radius 2 is 1.76 bits per heavy atom. The number of nitrogens with zero attached hydrogens (tertiary/aromatic N) is 4. The Morgan fingerprint density at radius 3 is 2.41 bits per heavy atom. The highest BCUT2D eigenvalue weighted by molar-refractivity contribution is 6.31. The molecule has 1 N–H and O–H groups in total. The zero-order valence-corrected chi connectivity index (χ0v) is 16.9. The predicted molar refractivity (Wildman–Crippen MR) is 113 cm³/mol. The summed E-state index contributed by atoms with van der Waals surface area (Å²) in [7, 11) is 0. The summed E-state index contributed by atoms with van der Waals surface area (Å²) in [5.74, 6) is -0.143. The summed E-state index contributed by atoms with van der Waals surface area (Å²) in [4.78, 5) is 12.5. The summed E-state index contributed by atoms with van der Waals surface area (Å²) in [6.07, 6.45) is 3.66. The van der Waals surface area contributed by atoms with Gasteiger partial charge >= 0.3 is 0 Å². The summed E-state index contributed by atoms with van der Waals surface area (Å²) < 4.78 is 3.56. The first-order valence-corrected chi connectivity index (χ1v) is 9.60. The molecule has 0 spiro atoms. The van der Waals surface area contributed by atoms with Crippen LogP contribution in [0.5, 0.6) is 0 Å². The van der Waals surface area contributed by atoms with E-state index >= 15 is 0 Å². The molecule has 29 heavy (non-hydrogen) atoms. The fourth-order valence-electron chi connectivity index (χ4n) is 3.09. The Hall–Kier alpha value is -3.38. The highest BCUT2D eigenvalue weighted by Gasteiger charge is 2.12. The molecule has 0 bridgehead atoms. The zero-order valence-electron chi connectivity index (χ0n) is 16.1. The number of para-hydroxylation sites is 1. The van der Waals surface area contributed by atoms with Crippen LogP contribution in [0.4, 0.5) is 0 Å². The van der Waals surface area contributed by atoms with Gasteiger partial charge in [-0.1, -0.05) is 29.8 Å². The van der Waals surface area contributed by atoms with Gasteiger partial charge in [0.25, 0.3) is 5.91 Å². The SMILES string of the molecule is Cc1nn(-c2ccc(C(=O)NCc3cnn(-c4ccccc4)c3)cc2)c(C)c1Cl. The van der Waals surface area contributed by atoms with Gasteiger partial charge in [-0.3, -0.25) is 4.79 Å². The lowest BCUT2D eigenvalue weighted by atomic mass is 10.2. The molecule has 1 amide bonds. The van der Waals surface area contributed by atoms with Crippen molar-refractivity contribution in [1.82, 2.24) is 24.9 Å². The van der Waals surface area contributed by atoms with E-state index in [9.17, 15) is 4.79 Å².